The molecule has 0 aliphatic carbocycles. The SMILES string of the molecule is CO[C@@H]1O[C@H]2CO[C@H](c3ccccc3)O[C@H]2[C@@H](OS(C)(=O)=O)[C@@H]1NC(=O)c1ccccc1. The molecule has 10 heteroatoms. The van der Waals surface area contributed by atoms with Gasteiger partial charge in [-0.25, -0.2) is 0 Å². The van der Waals surface area contributed by atoms with Crippen LogP contribution in [0.2, 0.25) is 0 Å². The highest BCUT2D eigenvalue weighted by Gasteiger charge is 2.52. The van der Waals surface area contributed by atoms with Crippen molar-refractivity contribution in [3.05, 3.63) is 71.8 Å². The van der Waals surface area contributed by atoms with Gasteiger partial charge in [-0.2, -0.15) is 8.42 Å². The standard InChI is InChI=1S/C22H25NO8S/c1-27-22-17(23-20(24)14-9-5-3-6-10-14)19(31-32(2,25)26)18-16(29-22)13-28-21(30-18)15-11-7-4-8-12-15/h3-12,16-19,21-22H,13H2,1-2H3,(H,23,24)/t16-,17-,18+,19-,21-,22+/m0/s1. The van der Waals surface area contributed by atoms with Crippen LogP contribution < -0.4 is 5.32 Å². The first-order chi connectivity index (χ1) is 15.4. The molecule has 9 nitrogen and oxygen atoms in total. The molecule has 2 aromatic carbocycles. The molecule has 0 aromatic heterocycles. The van der Waals surface area contributed by atoms with Crippen molar-refractivity contribution in [2.75, 3.05) is 20.0 Å². The van der Waals surface area contributed by atoms with Crippen molar-refractivity contribution in [3.8, 4) is 0 Å². The quantitative estimate of drug-likeness (QED) is 0.644. The van der Waals surface area contributed by atoms with E-state index in [1.807, 2.05) is 30.3 Å². The summed E-state index contributed by atoms with van der Waals surface area (Å²) < 4.78 is 52.9. The molecule has 0 spiro atoms. The lowest BCUT2D eigenvalue weighted by Crippen LogP contribution is -2.67. The van der Waals surface area contributed by atoms with Gasteiger partial charge in [-0.05, 0) is 12.1 Å². The van der Waals surface area contributed by atoms with Gasteiger partial charge in [-0.1, -0.05) is 48.5 Å². The highest BCUT2D eigenvalue weighted by Crippen LogP contribution is 2.36. The molecule has 0 bridgehead atoms. The van der Waals surface area contributed by atoms with E-state index in [2.05, 4.69) is 5.32 Å². The van der Waals surface area contributed by atoms with Gasteiger partial charge in [0.15, 0.2) is 12.6 Å². The molecule has 0 radical (unpaired) electrons. The summed E-state index contributed by atoms with van der Waals surface area (Å²) in [5.41, 5.74) is 1.17. The topological polar surface area (TPSA) is 109 Å². The van der Waals surface area contributed by atoms with E-state index < -0.39 is 53.0 Å². The second-order valence-corrected chi connectivity index (χ2v) is 9.19. The van der Waals surface area contributed by atoms with E-state index >= 15 is 0 Å². The van der Waals surface area contributed by atoms with Crippen molar-refractivity contribution in [2.24, 2.45) is 0 Å². The number of hydrogen-bond acceptors (Lipinski definition) is 8. The van der Waals surface area contributed by atoms with Crippen molar-refractivity contribution >= 4 is 16.0 Å². The third kappa shape index (κ3) is 5.17. The van der Waals surface area contributed by atoms with Crippen LogP contribution in [0.1, 0.15) is 22.2 Å². The number of amides is 1. The van der Waals surface area contributed by atoms with Gasteiger partial charge in [0.05, 0.1) is 12.9 Å². The van der Waals surface area contributed by atoms with Crippen LogP contribution in [0.15, 0.2) is 60.7 Å². The first-order valence-corrected chi connectivity index (χ1v) is 11.9. The Labute approximate surface area is 186 Å². The monoisotopic (exact) mass is 463 g/mol. The van der Waals surface area contributed by atoms with Gasteiger partial charge in [0, 0.05) is 18.2 Å². The Morgan fingerprint density at radius 3 is 2.31 bits per heavy atom. The van der Waals surface area contributed by atoms with E-state index in [0.29, 0.717) is 5.56 Å². The molecule has 172 valence electrons. The Kier molecular flexibility index (Phi) is 6.89. The van der Waals surface area contributed by atoms with Crippen LogP contribution in [0.25, 0.3) is 0 Å². The minimum absolute atomic E-state index is 0.132. The predicted molar refractivity (Wildman–Crippen MR) is 113 cm³/mol. The van der Waals surface area contributed by atoms with Gasteiger partial charge in [0.1, 0.15) is 24.4 Å². The minimum atomic E-state index is -3.90. The van der Waals surface area contributed by atoms with Crippen LogP contribution in [0.3, 0.4) is 0 Å². The molecule has 2 saturated heterocycles. The lowest BCUT2D eigenvalue weighted by atomic mass is 9.95. The van der Waals surface area contributed by atoms with Gasteiger partial charge in [0.25, 0.3) is 16.0 Å². The Morgan fingerprint density at radius 2 is 1.69 bits per heavy atom. The van der Waals surface area contributed by atoms with Crippen molar-refractivity contribution in [3.63, 3.8) is 0 Å². The number of fused-ring (bicyclic) bond motifs is 1. The Morgan fingerprint density at radius 1 is 1.03 bits per heavy atom. The molecular weight excluding hydrogens is 438 g/mol. The largest absolute Gasteiger partial charge is 0.354 e. The molecule has 1 amide bonds. The van der Waals surface area contributed by atoms with Crippen LogP contribution in [0.4, 0.5) is 0 Å². The van der Waals surface area contributed by atoms with Crippen LogP contribution in [0, 0.1) is 0 Å². The molecule has 6 atom stereocenters. The third-order valence-electron chi connectivity index (χ3n) is 5.26. The smallest absolute Gasteiger partial charge is 0.264 e. The number of carbonyl (C=O) groups is 1. The maximum Gasteiger partial charge on any atom is 0.264 e. The average molecular weight is 464 g/mol. The summed E-state index contributed by atoms with van der Waals surface area (Å²) in [5.74, 6) is -0.423. The number of ether oxygens (including phenoxy) is 4. The van der Waals surface area contributed by atoms with Crippen molar-refractivity contribution < 1.29 is 36.3 Å². The molecular formula is C22H25NO8S. The number of nitrogens with one attached hydrogen (secondary N) is 1. The summed E-state index contributed by atoms with van der Waals surface area (Å²) in [6.45, 7) is 0.132. The van der Waals surface area contributed by atoms with Crippen LogP contribution in [-0.2, 0) is 33.2 Å². The normalized spacial score (nSPS) is 30.3. The molecule has 2 heterocycles. The van der Waals surface area contributed by atoms with Crippen LogP contribution in [0.5, 0.6) is 0 Å². The summed E-state index contributed by atoms with van der Waals surface area (Å²) in [5, 5.41) is 2.80. The fourth-order valence-electron chi connectivity index (χ4n) is 3.85. The lowest BCUT2D eigenvalue weighted by molar-refractivity contribution is -0.337. The Balaban J connectivity index is 1.63. The Bertz CT molecular complexity index is 1020. The maximum atomic E-state index is 12.8. The molecule has 0 unspecified atom stereocenters. The van der Waals surface area contributed by atoms with Gasteiger partial charge >= 0.3 is 0 Å². The number of methoxy groups -OCH3 is 1. The lowest BCUT2D eigenvalue weighted by Gasteiger charge is -2.48. The second-order valence-electron chi connectivity index (χ2n) is 7.59. The van der Waals surface area contributed by atoms with E-state index in [4.69, 9.17) is 23.1 Å². The number of hydrogen-bond donors (Lipinski definition) is 1. The minimum Gasteiger partial charge on any atom is -0.354 e. The van der Waals surface area contributed by atoms with Crippen LogP contribution >= 0.6 is 0 Å². The van der Waals surface area contributed by atoms with Crippen molar-refractivity contribution in [1.82, 2.24) is 5.32 Å². The molecule has 4 rings (SSSR count). The second kappa shape index (κ2) is 9.65. The third-order valence-corrected chi connectivity index (χ3v) is 5.83. The van der Waals surface area contributed by atoms with E-state index in [0.717, 1.165) is 11.8 Å². The average Bonchev–Trinajstić information content (AvgIpc) is 2.80. The van der Waals surface area contributed by atoms with E-state index in [-0.39, 0.29) is 6.61 Å². The molecule has 2 aromatic rings. The highest BCUT2D eigenvalue weighted by atomic mass is 32.2. The van der Waals surface area contributed by atoms with E-state index in [1.165, 1.54) is 7.11 Å². The van der Waals surface area contributed by atoms with Gasteiger partial charge < -0.3 is 24.3 Å². The zero-order valence-electron chi connectivity index (χ0n) is 17.6. The van der Waals surface area contributed by atoms with Crippen molar-refractivity contribution in [2.45, 2.75) is 36.9 Å². The summed E-state index contributed by atoms with van der Waals surface area (Å²) in [7, 11) is -2.50. The fraction of sp³-hybridized carbons (Fsp3) is 0.409. The number of benzene rings is 2. The zero-order chi connectivity index (χ0) is 22.7. The summed E-state index contributed by atoms with van der Waals surface area (Å²) in [4.78, 5) is 12.8. The highest BCUT2D eigenvalue weighted by molar-refractivity contribution is 7.86. The first-order valence-electron chi connectivity index (χ1n) is 10.1. The van der Waals surface area contributed by atoms with E-state index in [1.54, 1.807) is 30.3 Å². The zero-order valence-corrected chi connectivity index (χ0v) is 18.4. The summed E-state index contributed by atoms with van der Waals surface area (Å²) in [6.07, 6.45) is -3.36. The maximum absolute atomic E-state index is 12.8. The van der Waals surface area contributed by atoms with Crippen LogP contribution in [-0.4, -0.2) is 64.9 Å². The Hall–Kier alpha value is -2.34. The molecule has 2 fully saturated rings. The molecule has 0 saturated carbocycles. The molecule has 1 N–H and O–H groups in total. The fourth-order valence-corrected chi connectivity index (χ4v) is 4.48. The number of rotatable bonds is 6. The summed E-state index contributed by atoms with van der Waals surface area (Å²) >= 11 is 0. The first kappa shape index (κ1) is 22.8. The van der Waals surface area contributed by atoms with E-state index in [9.17, 15) is 13.2 Å². The summed E-state index contributed by atoms with van der Waals surface area (Å²) in [6, 6.07) is 16.8. The predicted octanol–water partition coefficient (Wildman–Crippen LogP) is 1.62. The van der Waals surface area contributed by atoms with Gasteiger partial charge in [0.2, 0.25) is 0 Å². The molecule has 2 aliphatic heterocycles. The molecule has 2 aliphatic rings. The van der Waals surface area contributed by atoms with Crippen molar-refractivity contribution in [1.29, 1.82) is 0 Å². The number of carbonyl (C=O) groups excluding carboxylic acids is 1. The van der Waals surface area contributed by atoms with Gasteiger partial charge in [-0.3, -0.25) is 8.98 Å². The molecule has 32 heavy (non-hydrogen) atoms. The van der Waals surface area contributed by atoms with Gasteiger partial charge in [-0.15, -0.1) is 0 Å².